The zero-order chi connectivity index (χ0) is 46.6. The Labute approximate surface area is 383 Å². The maximum Gasteiger partial charge on any atom is 0.338 e. The summed E-state index contributed by atoms with van der Waals surface area (Å²) in [5.74, 6) is -0.0131. The van der Waals surface area contributed by atoms with Gasteiger partial charge in [0.05, 0.1) is 11.1 Å². The van der Waals surface area contributed by atoms with E-state index in [9.17, 15) is 19.2 Å². The lowest BCUT2D eigenvalue weighted by Crippen LogP contribution is -2.24. The van der Waals surface area contributed by atoms with Crippen LogP contribution in [-0.2, 0) is 41.8 Å². The smallest absolute Gasteiger partial charge is 0.338 e. The molecule has 0 bridgehead atoms. The number of unbranched alkanes of at least 4 members (excludes halogenated alkanes) is 1. The Morgan fingerprint density at radius 2 is 0.923 bits per heavy atom. The molecule has 8 N–H and O–H groups in total. The molecule has 4 aromatic rings. The van der Waals surface area contributed by atoms with E-state index in [2.05, 4.69) is 13.8 Å². The predicted octanol–water partition coefficient (Wildman–Crippen LogP) is 10.6. The van der Waals surface area contributed by atoms with Crippen LogP contribution in [0.1, 0.15) is 140 Å². The van der Waals surface area contributed by atoms with Crippen molar-refractivity contribution in [3.63, 3.8) is 0 Å². The molecule has 2 aliphatic rings. The first kappa shape index (κ1) is 49.5. The number of hydrogen-bond donors (Lipinski definition) is 4. The van der Waals surface area contributed by atoms with Crippen molar-refractivity contribution >= 4 is 58.8 Å². The molecule has 0 aliphatic heterocycles. The summed E-state index contributed by atoms with van der Waals surface area (Å²) >= 11 is 0. The zero-order valence-electron chi connectivity index (χ0n) is 37.9. The largest absolute Gasteiger partial charge is 0.459 e. The Morgan fingerprint density at radius 1 is 0.523 bits per heavy atom. The summed E-state index contributed by atoms with van der Waals surface area (Å²) in [5.41, 5.74) is 29.2. The quantitative estimate of drug-likeness (QED) is 0.0338. The topological polar surface area (TPSA) is 209 Å². The SMILES string of the molecule is CCCC1CCC(OC(=O)c2ccc(/C=C/C(=O)OCc3cc(N)ccc3N)cc2)CC1.CCCCC1CCC(OC(=O)c2ccc(/C=C/C(=O)OCc3cc(N)ccc3N)cc2)CC1. The average molecular weight is 887 g/mol. The van der Waals surface area contributed by atoms with Crippen LogP contribution in [0.2, 0.25) is 0 Å². The van der Waals surface area contributed by atoms with Crippen LogP contribution in [0.5, 0.6) is 0 Å². The lowest BCUT2D eigenvalue weighted by atomic mass is 9.84. The Kier molecular flexibility index (Phi) is 19.5. The zero-order valence-corrected chi connectivity index (χ0v) is 37.9. The molecule has 0 heterocycles. The molecule has 2 fully saturated rings. The summed E-state index contributed by atoms with van der Waals surface area (Å²) in [7, 11) is 0. The second kappa shape index (κ2) is 25.7. The maximum atomic E-state index is 12.5. The van der Waals surface area contributed by atoms with Gasteiger partial charge in [0.2, 0.25) is 0 Å². The molecular formula is C53H66N4O8. The van der Waals surface area contributed by atoms with Gasteiger partial charge >= 0.3 is 23.9 Å². The van der Waals surface area contributed by atoms with Crippen molar-refractivity contribution in [2.24, 2.45) is 11.8 Å². The van der Waals surface area contributed by atoms with Crippen LogP contribution in [0.4, 0.5) is 22.7 Å². The van der Waals surface area contributed by atoms with Gasteiger partial charge in [0, 0.05) is 46.0 Å². The normalized spacial score (nSPS) is 18.3. The van der Waals surface area contributed by atoms with E-state index in [0.29, 0.717) is 45.0 Å². The Hall–Kier alpha value is -6.56. The molecule has 2 aliphatic carbocycles. The first-order valence-electron chi connectivity index (χ1n) is 23.0. The molecule has 6 rings (SSSR count). The predicted molar refractivity (Wildman–Crippen MR) is 258 cm³/mol. The van der Waals surface area contributed by atoms with E-state index in [0.717, 1.165) is 74.3 Å². The minimum atomic E-state index is -0.492. The molecule has 0 amide bonds. The van der Waals surface area contributed by atoms with Gasteiger partial charge in [0.15, 0.2) is 0 Å². The van der Waals surface area contributed by atoms with Crippen molar-refractivity contribution in [3.05, 3.63) is 130 Å². The number of hydrogen-bond acceptors (Lipinski definition) is 12. The second-order valence-corrected chi connectivity index (χ2v) is 17.1. The average Bonchev–Trinajstić information content (AvgIpc) is 3.31. The van der Waals surface area contributed by atoms with Crippen molar-refractivity contribution in [2.75, 3.05) is 22.9 Å². The first-order valence-corrected chi connectivity index (χ1v) is 23.0. The highest BCUT2D eigenvalue weighted by Gasteiger charge is 2.25. The van der Waals surface area contributed by atoms with Gasteiger partial charge in [-0.2, -0.15) is 0 Å². The van der Waals surface area contributed by atoms with E-state index >= 15 is 0 Å². The monoisotopic (exact) mass is 886 g/mol. The number of rotatable bonds is 17. The van der Waals surface area contributed by atoms with E-state index in [4.69, 9.17) is 41.9 Å². The summed E-state index contributed by atoms with van der Waals surface area (Å²) in [6.45, 7) is 4.53. The van der Waals surface area contributed by atoms with Gasteiger partial charge < -0.3 is 41.9 Å². The van der Waals surface area contributed by atoms with Crippen LogP contribution in [-0.4, -0.2) is 36.1 Å². The fourth-order valence-electron chi connectivity index (χ4n) is 8.10. The second-order valence-electron chi connectivity index (χ2n) is 17.1. The minimum Gasteiger partial charge on any atom is -0.459 e. The van der Waals surface area contributed by atoms with Gasteiger partial charge in [-0.3, -0.25) is 0 Å². The number of carbonyl (C=O) groups is 4. The fraction of sp³-hybridized carbons (Fsp3) is 0.396. The molecule has 65 heavy (non-hydrogen) atoms. The van der Waals surface area contributed by atoms with Crippen molar-refractivity contribution in [1.82, 2.24) is 0 Å². The van der Waals surface area contributed by atoms with Gasteiger partial charge in [-0.15, -0.1) is 0 Å². The van der Waals surface area contributed by atoms with Crippen molar-refractivity contribution in [1.29, 1.82) is 0 Å². The molecule has 0 atom stereocenters. The Morgan fingerprint density at radius 3 is 1.31 bits per heavy atom. The molecule has 2 saturated carbocycles. The maximum absolute atomic E-state index is 12.5. The number of benzene rings is 4. The summed E-state index contributed by atoms with van der Waals surface area (Å²) in [6, 6.07) is 24.1. The number of anilines is 4. The van der Waals surface area contributed by atoms with Crippen molar-refractivity contribution < 1.29 is 38.1 Å². The van der Waals surface area contributed by atoms with E-state index in [1.165, 1.54) is 44.3 Å². The minimum absolute atomic E-state index is 0.0127. The van der Waals surface area contributed by atoms with E-state index in [1.807, 2.05) is 0 Å². The first-order chi connectivity index (χ1) is 31.4. The standard InChI is InChI=1S/C27H34N2O4.C26H32N2O4/c1-2-3-4-19-7-13-24(14-8-19)33-27(31)21-10-5-20(6-11-21)9-16-26(30)32-18-22-17-23(28)12-15-25(22)29;1-2-3-18-6-12-23(13-7-18)32-26(30)20-9-4-19(5-10-20)8-15-25(29)31-17-21-16-22(27)11-14-24(21)28/h5-6,9-12,15-17,19,24H,2-4,7-8,13-14,18,28-29H2,1H3;4-5,8-11,14-16,18,23H,2-3,6-7,12-13,17,27-28H2,1H3/b16-9+;15-8+. The van der Waals surface area contributed by atoms with E-state index in [-0.39, 0.29) is 37.4 Å². The highest BCUT2D eigenvalue weighted by Crippen LogP contribution is 2.31. The molecule has 0 saturated heterocycles. The van der Waals surface area contributed by atoms with Crippen LogP contribution in [0, 0.1) is 11.8 Å². The summed E-state index contributed by atoms with van der Waals surface area (Å²) < 4.78 is 21.8. The van der Waals surface area contributed by atoms with Gasteiger partial charge in [-0.25, -0.2) is 19.2 Å². The third kappa shape index (κ3) is 16.8. The molecular weight excluding hydrogens is 821 g/mol. The third-order valence-corrected chi connectivity index (χ3v) is 12.0. The fourth-order valence-corrected chi connectivity index (χ4v) is 8.10. The molecule has 4 aromatic carbocycles. The lowest BCUT2D eigenvalue weighted by molar-refractivity contribution is -0.139. The number of nitrogen functional groups attached to an aromatic ring is 4. The van der Waals surface area contributed by atoms with Gasteiger partial charge in [-0.05, 0) is 147 Å². The van der Waals surface area contributed by atoms with E-state index in [1.54, 1.807) is 97.1 Å². The molecule has 346 valence electrons. The summed E-state index contributed by atoms with van der Waals surface area (Å²) in [6.07, 6.45) is 20.6. The molecule has 12 heteroatoms. The van der Waals surface area contributed by atoms with Gasteiger partial charge in [0.25, 0.3) is 0 Å². The summed E-state index contributed by atoms with van der Waals surface area (Å²) in [4.78, 5) is 48.9. The summed E-state index contributed by atoms with van der Waals surface area (Å²) in [5, 5.41) is 0. The Balaban J connectivity index is 0.000000244. The molecule has 0 unspecified atom stereocenters. The highest BCUT2D eigenvalue weighted by atomic mass is 16.6. The number of esters is 4. The molecule has 0 spiro atoms. The molecule has 0 aromatic heterocycles. The van der Waals surface area contributed by atoms with Crippen LogP contribution in [0.15, 0.2) is 97.1 Å². The number of ether oxygens (including phenoxy) is 4. The highest BCUT2D eigenvalue weighted by molar-refractivity contribution is 5.91. The number of nitrogens with two attached hydrogens (primary N) is 4. The van der Waals surface area contributed by atoms with Crippen LogP contribution < -0.4 is 22.9 Å². The van der Waals surface area contributed by atoms with E-state index < -0.39 is 11.9 Å². The van der Waals surface area contributed by atoms with Crippen molar-refractivity contribution in [2.45, 2.75) is 123 Å². The lowest BCUT2D eigenvalue weighted by Gasteiger charge is -2.28. The Bertz CT molecular complexity index is 2220. The van der Waals surface area contributed by atoms with Crippen LogP contribution >= 0.6 is 0 Å². The molecule has 0 radical (unpaired) electrons. The van der Waals surface area contributed by atoms with Gasteiger partial charge in [-0.1, -0.05) is 70.2 Å². The van der Waals surface area contributed by atoms with Gasteiger partial charge in [0.1, 0.15) is 25.4 Å². The van der Waals surface area contributed by atoms with Crippen LogP contribution in [0.25, 0.3) is 12.2 Å². The van der Waals surface area contributed by atoms with Crippen molar-refractivity contribution in [3.8, 4) is 0 Å². The number of carbonyl (C=O) groups excluding carboxylic acids is 4. The third-order valence-electron chi connectivity index (χ3n) is 12.0. The van der Waals surface area contributed by atoms with Crippen LogP contribution in [0.3, 0.4) is 0 Å². The molecule has 12 nitrogen and oxygen atoms in total.